The molecule has 1 rings (SSSR count). The molecule has 0 aromatic carbocycles. The Bertz CT molecular complexity index is 125. The van der Waals surface area contributed by atoms with Crippen molar-refractivity contribution >= 4 is 0 Å². The normalized spacial score (nSPS) is 25.8. The smallest absolute Gasteiger partial charge is 0.0110 e. The minimum atomic E-state index is 0.784. The van der Waals surface area contributed by atoms with E-state index in [0.717, 1.165) is 6.04 Å². The molecular formula is C11H24N2. The van der Waals surface area contributed by atoms with E-state index in [4.69, 9.17) is 0 Å². The van der Waals surface area contributed by atoms with Crippen LogP contribution in [0.25, 0.3) is 0 Å². The van der Waals surface area contributed by atoms with Gasteiger partial charge in [0.05, 0.1) is 0 Å². The Hall–Kier alpha value is -0.0800. The second-order valence-corrected chi connectivity index (χ2v) is 4.13. The van der Waals surface area contributed by atoms with Gasteiger partial charge in [0, 0.05) is 19.1 Å². The first kappa shape index (κ1) is 11.0. The molecule has 0 saturated carbocycles. The highest BCUT2D eigenvalue weighted by Crippen LogP contribution is 2.07. The number of nitrogens with one attached hydrogen (secondary N) is 1. The molecule has 0 amide bonds. The molecule has 2 heteroatoms. The summed E-state index contributed by atoms with van der Waals surface area (Å²) < 4.78 is 0. The number of nitrogens with zero attached hydrogens (tertiary/aromatic N) is 1. The molecule has 0 bridgehead atoms. The monoisotopic (exact) mass is 184 g/mol. The van der Waals surface area contributed by atoms with Crippen molar-refractivity contribution in [2.45, 2.75) is 45.6 Å². The average Bonchev–Trinajstić information content (AvgIpc) is 2.32. The first-order valence-electron chi connectivity index (χ1n) is 5.79. The molecule has 13 heavy (non-hydrogen) atoms. The molecule has 0 aliphatic carbocycles. The first-order valence-corrected chi connectivity index (χ1v) is 5.79. The third-order valence-electron chi connectivity index (χ3n) is 2.99. The topological polar surface area (TPSA) is 15.3 Å². The maximum Gasteiger partial charge on any atom is 0.0110 e. The highest BCUT2D eigenvalue weighted by molar-refractivity contribution is 4.73. The van der Waals surface area contributed by atoms with E-state index >= 15 is 0 Å². The SMILES string of the molecule is CCCCCN1CCNCCC1C. The highest BCUT2D eigenvalue weighted by Gasteiger charge is 2.15. The quantitative estimate of drug-likeness (QED) is 0.671. The van der Waals surface area contributed by atoms with Gasteiger partial charge in [-0.2, -0.15) is 0 Å². The molecule has 0 spiro atoms. The molecule has 1 saturated heterocycles. The van der Waals surface area contributed by atoms with Crippen LogP contribution >= 0.6 is 0 Å². The Balaban J connectivity index is 2.19. The van der Waals surface area contributed by atoms with Crippen molar-refractivity contribution in [1.29, 1.82) is 0 Å². The molecule has 78 valence electrons. The lowest BCUT2D eigenvalue weighted by molar-refractivity contribution is 0.216. The van der Waals surface area contributed by atoms with Crippen molar-refractivity contribution in [1.82, 2.24) is 10.2 Å². The molecule has 1 aliphatic rings. The summed E-state index contributed by atoms with van der Waals surface area (Å²) in [6.07, 6.45) is 5.41. The molecule has 1 atom stereocenters. The van der Waals surface area contributed by atoms with Crippen molar-refractivity contribution in [2.75, 3.05) is 26.2 Å². The van der Waals surface area contributed by atoms with Gasteiger partial charge in [-0.15, -0.1) is 0 Å². The van der Waals surface area contributed by atoms with Crippen molar-refractivity contribution in [3.63, 3.8) is 0 Å². The third kappa shape index (κ3) is 4.10. The van der Waals surface area contributed by atoms with Crippen LogP contribution in [0.3, 0.4) is 0 Å². The minimum absolute atomic E-state index is 0.784. The summed E-state index contributed by atoms with van der Waals surface area (Å²) in [5, 5.41) is 3.46. The summed E-state index contributed by atoms with van der Waals surface area (Å²) in [5.41, 5.74) is 0. The van der Waals surface area contributed by atoms with Crippen LogP contribution in [0.1, 0.15) is 39.5 Å². The average molecular weight is 184 g/mol. The van der Waals surface area contributed by atoms with Crippen LogP contribution in [0.15, 0.2) is 0 Å². The summed E-state index contributed by atoms with van der Waals surface area (Å²) in [6, 6.07) is 0.784. The van der Waals surface area contributed by atoms with E-state index in [9.17, 15) is 0 Å². The Kier molecular flexibility index (Phi) is 5.40. The van der Waals surface area contributed by atoms with Crippen LogP contribution in [0.5, 0.6) is 0 Å². The van der Waals surface area contributed by atoms with E-state index in [-0.39, 0.29) is 0 Å². The van der Waals surface area contributed by atoms with Crippen LogP contribution in [-0.4, -0.2) is 37.1 Å². The van der Waals surface area contributed by atoms with E-state index < -0.39 is 0 Å². The van der Waals surface area contributed by atoms with Gasteiger partial charge in [0.25, 0.3) is 0 Å². The predicted molar refractivity (Wildman–Crippen MR) is 58.0 cm³/mol. The number of hydrogen-bond acceptors (Lipinski definition) is 2. The summed E-state index contributed by atoms with van der Waals surface area (Å²) in [7, 11) is 0. The molecule has 1 fully saturated rings. The van der Waals surface area contributed by atoms with Crippen molar-refractivity contribution in [3.05, 3.63) is 0 Å². The second kappa shape index (κ2) is 6.39. The van der Waals surface area contributed by atoms with Gasteiger partial charge < -0.3 is 5.32 Å². The Morgan fingerprint density at radius 2 is 2.15 bits per heavy atom. The lowest BCUT2D eigenvalue weighted by atomic mass is 10.2. The predicted octanol–water partition coefficient (Wildman–Crippen LogP) is 1.86. The van der Waals surface area contributed by atoms with Gasteiger partial charge in [-0.1, -0.05) is 19.8 Å². The molecule has 1 unspecified atom stereocenters. The van der Waals surface area contributed by atoms with Crippen LogP contribution in [0, 0.1) is 0 Å². The Labute approximate surface area is 82.7 Å². The van der Waals surface area contributed by atoms with E-state index in [1.165, 1.54) is 51.9 Å². The summed E-state index contributed by atoms with van der Waals surface area (Å²) >= 11 is 0. The van der Waals surface area contributed by atoms with Gasteiger partial charge in [0.2, 0.25) is 0 Å². The van der Waals surface area contributed by atoms with Gasteiger partial charge in [-0.3, -0.25) is 4.90 Å². The minimum Gasteiger partial charge on any atom is -0.315 e. The van der Waals surface area contributed by atoms with Crippen LogP contribution < -0.4 is 5.32 Å². The molecule has 1 aliphatic heterocycles. The maximum absolute atomic E-state index is 3.46. The standard InChI is InChI=1S/C11H24N2/c1-3-4-5-9-13-10-8-12-7-6-11(13)2/h11-12H,3-10H2,1-2H3. The Morgan fingerprint density at radius 1 is 1.31 bits per heavy atom. The number of hydrogen-bond donors (Lipinski definition) is 1. The summed E-state index contributed by atoms with van der Waals surface area (Å²) in [4.78, 5) is 2.63. The van der Waals surface area contributed by atoms with Crippen LogP contribution in [0.2, 0.25) is 0 Å². The molecule has 1 N–H and O–H groups in total. The van der Waals surface area contributed by atoms with Crippen LogP contribution in [-0.2, 0) is 0 Å². The van der Waals surface area contributed by atoms with Crippen molar-refractivity contribution < 1.29 is 0 Å². The third-order valence-corrected chi connectivity index (χ3v) is 2.99. The second-order valence-electron chi connectivity index (χ2n) is 4.13. The number of rotatable bonds is 4. The largest absolute Gasteiger partial charge is 0.315 e. The fourth-order valence-corrected chi connectivity index (χ4v) is 1.96. The number of unbranched alkanes of at least 4 members (excludes halogenated alkanes) is 2. The molecular weight excluding hydrogens is 160 g/mol. The zero-order chi connectivity index (χ0) is 9.52. The van der Waals surface area contributed by atoms with Crippen LogP contribution in [0.4, 0.5) is 0 Å². The molecule has 0 radical (unpaired) electrons. The van der Waals surface area contributed by atoms with Crippen molar-refractivity contribution in [3.8, 4) is 0 Å². The highest BCUT2D eigenvalue weighted by atomic mass is 15.2. The van der Waals surface area contributed by atoms with Crippen molar-refractivity contribution in [2.24, 2.45) is 0 Å². The zero-order valence-corrected chi connectivity index (χ0v) is 9.18. The summed E-state index contributed by atoms with van der Waals surface area (Å²) in [6.45, 7) is 9.55. The van der Waals surface area contributed by atoms with E-state index in [1.807, 2.05) is 0 Å². The molecule has 2 nitrogen and oxygen atoms in total. The van der Waals surface area contributed by atoms with Gasteiger partial charge in [-0.05, 0) is 32.9 Å². The summed E-state index contributed by atoms with van der Waals surface area (Å²) in [5.74, 6) is 0. The maximum atomic E-state index is 3.46. The van der Waals surface area contributed by atoms with E-state index in [2.05, 4.69) is 24.1 Å². The zero-order valence-electron chi connectivity index (χ0n) is 9.18. The lowest BCUT2D eigenvalue weighted by Crippen LogP contribution is -2.35. The first-order chi connectivity index (χ1) is 6.34. The molecule has 1 heterocycles. The van der Waals surface area contributed by atoms with Gasteiger partial charge in [-0.25, -0.2) is 0 Å². The fourth-order valence-electron chi connectivity index (χ4n) is 1.96. The lowest BCUT2D eigenvalue weighted by Gasteiger charge is -2.26. The van der Waals surface area contributed by atoms with Gasteiger partial charge >= 0.3 is 0 Å². The molecule has 0 aromatic heterocycles. The van der Waals surface area contributed by atoms with Gasteiger partial charge in [0.1, 0.15) is 0 Å². The molecule has 0 aromatic rings. The fraction of sp³-hybridized carbons (Fsp3) is 1.00. The van der Waals surface area contributed by atoms with Gasteiger partial charge in [0.15, 0.2) is 0 Å². The van der Waals surface area contributed by atoms with E-state index in [1.54, 1.807) is 0 Å². The Morgan fingerprint density at radius 3 is 2.92 bits per heavy atom. The van der Waals surface area contributed by atoms with E-state index in [0.29, 0.717) is 0 Å².